The lowest BCUT2D eigenvalue weighted by Gasteiger charge is -2.55. The molecule has 1 unspecified atom stereocenters. The summed E-state index contributed by atoms with van der Waals surface area (Å²) in [6.07, 6.45) is -1.62. The molecule has 0 bridgehead atoms. The van der Waals surface area contributed by atoms with E-state index in [4.69, 9.17) is 0 Å². The number of hydrazine groups is 1. The van der Waals surface area contributed by atoms with Crippen molar-refractivity contribution in [3.63, 3.8) is 0 Å². The minimum absolute atomic E-state index is 0.0807. The SMILES string of the molecule is CC(c1ccc(F)cc1)N1C[C@H]2N(C(=O)CN(C)N2C(=O)NCc2ccc(F)cc2)[C@@H](CC(=O)O)C1=O. The van der Waals surface area contributed by atoms with Crippen LogP contribution >= 0.6 is 0 Å². The number of benzene rings is 2. The van der Waals surface area contributed by atoms with Gasteiger partial charge in [0.2, 0.25) is 11.8 Å². The number of carbonyl (C=O) groups is 4. The van der Waals surface area contributed by atoms with Gasteiger partial charge in [0, 0.05) is 13.6 Å². The van der Waals surface area contributed by atoms with Crippen molar-refractivity contribution in [1.82, 2.24) is 25.1 Å². The van der Waals surface area contributed by atoms with Crippen molar-refractivity contribution < 1.29 is 33.1 Å². The van der Waals surface area contributed by atoms with Crippen LogP contribution in [0.2, 0.25) is 0 Å². The number of likely N-dealkylation sites (N-methyl/N-ethyl adjacent to an activating group) is 1. The predicted octanol–water partition coefficient (Wildman–Crippen LogP) is 1.94. The summed E-state index contributed by atoms with van der Waals surface area (Å²) in [7, 11) is 1.54. The molecule has 2 heterocycles. The van der Waals surface area contributed by atoms with E-state index >= 15 is 0 Å². The molecule has 2 aliphatic heterocycles. The number of carboxylic acids is 1. The van der Waals surface area contributed by atoms with Gasteiger partial charge in [0.05, 0.1) is 25.6 Å². The first kappa shape index (κ1) is 26.0. The number of hydrogen-bond donors (Lipinski definition) is 2. The smallest absolute Gasteiger partial charge is 0.334 e. The quantitative estimate of drug-likeness (QED) is 0.608. The summed E-state index contributed by atoms with van der Waals surface area (Å²) in [5.41, 5.74) is 1.26. The Balaban J connectivity index is 1.64. The molecule has 0 aromatic heterocycles. The lowest BCUT2D eigenvalue weighted by Crippen LogP contribution is -2.76. The summed E-state index contributed by atoms with van der Waals surface area (Å²) < 4.78 is 26.7. The first-order valence-corrected chi connectivity index (χ1v) is 11.7. The molecule has 4 rings (SSSR count). The summed E-state index contributed by atoms with van der Waals surface area (Å²) in [6, 6.07) is 8.67. The van der Waals surface area contributed by atoms with Crippen molar-refractivity contribution in [1.29, 1.82) is 0 Å². The lowest BCUT2D eigenvalue weighted by molar-refractivity contribution is -0.190. The van der Waals surface area contributed by atoms with E-state index in [0.717, 1.165) is 0 Å². The average Bonchev–Trinajstić information content (AvgIpc) is 2.84. The third kappa shape index (κ3) is 5.38. The Morgan fingerprint density at radius 3 is 2.24 bits per heavy atom. The fraction of sp³-hybridized carbons (Fsp3) is 0.360. The maximum Gasteiger partial charge on any atom is 0.334 e. The van der Waals surface area contributed by atoms with Crippen molar-refractivity contribution >= 4 is 23.8 Å². The summed E-state index contributed by atoms with van der Waals surface area (Å²) in [5.74, 6) is -3.18. The van der Waals surface area contributed by atoms with Crippen LogP contribution in [-0.2, 0) is 20.9 Å². The second kappa shape index (κ2) is 10.5. The van der Waals surface area contributed by atoms with Gasteiger partial charge in [0.15, 0.2) is 0 Å². The molecule has 2 aromatic carbocycles. The largest absolute Gasteiger partial charge is 0.481 e. The Morgan fingerprint density at radius 1 is 1.05 bits per heavy atom. The van der Waals surface area contributed by atoms with Crippen LogP contribution in [0, 0.1) is 11.6 Å². The molecule has 2 aromatic rings. The zero-order valence-electron chi connectivity index (χ0n) is 20.3. The van der Waals surface area contributed by atoms with Gasteiger partial charge in [-0.3, -0.25) is 14.4 Å². The molecule has 3 atom stereocenters. The molecule has 4 amide bonds. The number of amides is 4. The number of carbonyl (C=O) groups excluding carboxylic acids is 3. The zero-order chi connectivity index (χ0) is 26.9. The van der Waals surface area contributed by atoms with Gasteiger partial charge in [-0.25, -0.2) is 23.6 Å². The second-order valence-electron chi connectivity index (χ2n) is 9.06. The van der Waals surface area contributed by atoms with E-state index < -0.39 is 60.1 Å². The third-order valence-corrected chi connectivity index (χ3v) is 6.64. The minimum Gasteiger partial charge on any atom is -0.481 e. The van der Waals surface area contributed by atoms with Crippen LogP contribution in [-0.4, -0.2) is 81.1 Å². The number of rotatable bonds is 6. The van der Waals surface area contributed by atoms with Crippen LogP contribution < -0.4 is 5.32 Å². The third-order valence-electron chi connectivity index (χ3n) is 6.64. The second-order valence-corrected chi connectivity index (χ2v) is 9.06. The van der Waals surface area contributed by atoms with Crippen molar-refractivity contribution in [2.75, 3.05) is 20.1 Å². The maximum absolute atomic E-state index is 13.5. The van der Waals surface area contributed by atoms with Crippen molar-refractivity contribution in [2.45, 2.75) is 38.1 Å². The molecule has 0 spiro atoms. The molecule has 2 aliphatic rings. The topological polar surface area (TPSA) is 114 Å². The summed E-state index contributed by atoms with van der Waals surface area (Å²) in [6.45, 7) is 1.47. The van der Waals surface area contributed by atoms with Crippen LogP contribution in [0.25, 0.3) is 0 Å². The predicted molar refractivity (Wildman–Crippen MR) is 126 cm³/mol. The van der Waals surface area contributed by atoms with Crippen molar-refractivity contribution in [3.05, 3.63) is 71.3 Å². The molecule has 0 radical (unpaired) electrons. The normalized spacial score (nSPS) is 21.0. The zero-order valence-corrected chi connectivity index (χ0v) is 20.3. The number of hydrogen-bond acceptors (Lipinski definition) is 5. The molecule has 10 nitrogen and oxygen atoms in total. The number of piperazine rings is 1. The first-order valence-electron chi connectivity index (χ1n) is 11.7. The Labute approximate surface area is 212 Å². The standard InChI is InChI=1S/C25H27F2N5O5/c1-15(17-5-9-19(27)10-6-17)30-13-21-31(20(24(30)36)11-23(34)35)22(33)14-29(2)32(21)25(37)28-12-16-3-7-18(26)8-4-16/h3-10,15,20-21H,11-14H2,1-2H3,(H,28,37)(H,34,35)/t15?,20-,21-/m0/s1. The number of aliphatic carboxylic acids is 1. The van der Waals surface area contributed by atoms with Crippen molar-refractivity contribution in [2.24, 2.45) is 0 Å². The number of nitrogens with one attached hydrogen (secondary N) is 1. The van der Waals surface area contributed by atoms with Crippen LogP contribution in [0.1, 0.15) is 30.5 Å². The van der Waals surface area contributed by atoms with Crippen LogP contribution in [0.3, 0.4) is 0 Å². The van der Waals surface area contributed by atoms with Crippen molar-refractivity contribution in [3.8, 4) is 0 Å². The monoisotopic (exact) mass is 515 g/mol. The average molecular weight is 516 g/mol. The van der Waals surface area contributed by atoms with E-state index in [-0.39, 0.29) is 19.6 Å². The lowest BCUT2D eigenvalue weighted by atomic mass is 9.99. The minimum atomic E-state index is -1.33. The van der Waals surface area contributed by atoms with Gasteiger partial charge in [-0.2, -0.15) is 0 Å². The number of carboxylic acid groups (broad SMARTS) is 1. The highest BCUT2D eigenvalue weighted by molar-refractivity contribution is 5.93. The first-order chi connectivity index (χ1) is 17.6. The number of fused-ring (bicyclic) bond motifs is 1. The highest BCUT2D eigenvalue weighted by atomic mass is 19.1. The highest BCUT2D eigenvalue weighted by Crippen LogP contribution is 2.32. The molecular weight excluding hydrogens is 488 g/mol. The Hall–Kier alpha value is -4.06. The summed E-state index contributed by atoms with van der Waals surface area (Å²) in [4.78, 5) is 54.0. The molecule has 0 saturated carbocycles. The van der Waals surface area contributed by atoms with E-state index in [1.807, 2.05) is 0 Å². The van der Waals surface area contributed by atoms with Gasteiger partial charge in [-0.15, -0.1) is 0 Å². The Kier molecular flexibility index (Phi) is 7.39. The molecule has 12 heteroatoms. The fourth-order valence-corrected chi connectivity index (χ4v) is 4.76. The van der Waals surface area contributed by atoms with E-state index in [1.165, 1.54) is 68.3 Å². The summed E-state index contributed by atoms with van der Waals surface area (Å²) in [5, 5.41) is 15.0. The van der Waals surface area contributed by atoms with Gasteiger partial charge in [0.1, 0.15) is 23.8 Å². The van der Waals surface area contributed by atoms with Gasteiger partial charge in [0.25, 0.3) is 0 Å². The van der Waals surface area contributed by atoms with Gasteiger partial charge < -0.3 is 20.2 Å². The molecule has 2 saturated heterocycles. The van der Waals surface area contributed by atoms with Crippen LogP contribution in [0.4, 0.5) is 13.6 Å². The van der Waals surface area contributed by atoms with E-state index in [9.17, 15) is 33.1 Å². The van der Waals surface area contributed by atoms with E-state index in [0.29, 0.717) is 11.1 Å². The molecule has 0 aliphatic carbocycles. The van der Waals surface area contributed by atoms with Crippen LogP contribution in [0.15, 0.2) is 48.5 Å². The maximum atomic E-state index is 13.5. The molecule has 196 valence electrons. The van der Waals surface area contributed by atoms with E-state index in [1.54, 1.807) is 14.0 Å². The number of urea groups is 1. The van der Waals surface area contributed by atoms with Gasteiger partial charge in [-0.1, -0.05) is 24.3 Å². The van der Waals surface area contributed by atoms with Gasteiger partial charge >= 0.3 is 12.0 Å². The Bertz CT molecular complexity index is 1190. The molecule has 2 fully saturated rings. The van der Waals surface area contributed by atoms with Gasteiger partial charge in [-0.05, 0) is 42.3 Å². The van der Waals surface area contributed by atoms with E-state index in [2.05, 4.69) is 5.32 Å². The highest BCUT2D eigenvalue weighted by Gasteiger charge is 2.52. The number of nitrogens with zero attached hydrogens (tertiary/aromatic N) is 4. The summed E-state index contributed by atoms with van der Waals surface area (Å²) >= 11 is 0. The molecule has 2 N–H and O–H groups in total. The molecule has 37 heavy (non-hydrogen) atoms. The fourth-order valence-electron chi connectivity index (χ4n) is 4.76. The van der Waals surface area contributed by atoms with Crippen LogP contribution in [0.5, 0.6) is 0 Å². The number of halogens is 2. The Morgan fingerprint density at radius 2 is 1.65 bits per heavy atom. The molecular formula is C25H27F2N5O5.